The molecule has 1 aliphatic heterocycles. The fourth-order valence-electron chi connectivity index (χ4n) is 2.57. The molecule has 2 N–H and O–H groups in total. The number of morpholine rings is 1. The van der Waals surface area contributed by atoms with Crippen LogP contribution in [0.5, 0.6) is 0 Å². The number of carbonyl (C=O) groups excluding carboxylic acids is 2. The number of urea groups is 1. The Kier molecular flexibility index (Phi) is 5.98. The van der Waals surface area contributed by atoms with E-state index in [0.29, 0.717) is 53.3 Å². The van der Waals surface area contributed by atoms with Crippen LogP contribution in [0.15, 0.2) is 42.5 Å². The first-order valence-corrected chi connectivity index (χ1v) is 8.79. The number of benzene rings is 2. The molecule has 0 spiro atoms. The van der Waals surface area contributed by atoms with Gasteiger partial charge in [0.05, 0.1) is 34.5 Å². The summed E-state index contributed by atoms with van der Waals surface area (Å²) in [7, 11) is 0. The van der Waals surface area contributed by atoms with E-state index < -0.39 is 6.03 Å². The van der Waals surface area contributed by atoms with Gasteiger partial charge in [-0.1, -0.05) is 35.3 Å². The van der Waals surface area contributed by atoms with E-state index in [1.165, 1.54) is 0 Å². The normalized spacial score (nSPS) is 14.0. The zero-order valence-electron chi connectivity index (χ0n) is 13.8. The van der Waals surface area contributed by atoms with Crippen LogP contribution in [0.25, 0.3) is 0 Å². The minimum absolute atomic E-state index is 0.140. The largest absolute Gasteiger partial charge is 0.378 e. The van der Waals surface area contributed by atoms with Crippen molar-refractivity contribution in [3.05, 3.63) is 58.1 Å². The number of nitrogens with one attached hydrogen (secondary N) is 2. The molecule has 0 atom stereocenters. The maximum absolute atomic E-state index is 12.7. The SMILES string of the molecule is O=C(Nc1ccc(Cl)c(Cl)c1)Nc1ccccc1C(=O)N1CCOCC1. The zero-order valence-corrected chi connectivity index (χ0v) is 15.3. The van der Waals surface area contributed by atoms with E-state index >= 15 is 0 Å². The maximum Gasteiger partial charge on any atom is 0.323 e. The first kappa shape index (κ1) is 18.5. The van der Waals surface area contributed by atoms with E-state index in [1.807, 2.05) is 0 Å². The summed E-state index contributed by atoms with van der Waals surface area (Å²) in [6.07, 6.45) is 0. The van der Waals surface area contributed by atoms with Crippen molar-refractivity contribution in [2.45, 2.75) is 0 Å². The molecule has 1 saturated heterocycles. The Labute approximate surface area is 161 Å². The zero-order chi connectivity index (χ0) is 18.5. The highest BCUT2D eigenvalue weighted by atomic mass is 35.5. The first-order chi connectivity index (χ1) is 12.5. The second-order valence-electron chi connectivity index (χ2n) is 5.66. The van der Waals surface area contributed by atoms with Crippen LogP contribution in [-0.2, 0) is 4.74 Å². The van der Waals surface area contributed by atoms with Gasteiger partial charge in [-0.25, -0.2) is 4.79 Å². The van der Waals surface area contributed by atoms with Gasteiger partial charge in [0.1, 0.15) is 0 Å². The fraction of sp³-hybridized carbons (Fsp3) is 0.222. The molecule has 3 amide bonds. The number of anilines is 2. The molecule has 26 heavy (non-hydrogen) atoms. The second kappa shape index (κ2) is 8.40. The summed E-state index contributed by atoms with van der Waals surface area (Å²) in [4.78, 5) is 26.7. The van der Waals surface area contributed by atoms with Crippen LogP contribution in [0.4, 0.5) is 16.2 Å². The molecular formula is C18H17Cl2N3O3. The van der Waals surface area contributed by atoms with Gasteiger partial charge in [0.15, 0.2) is 0 Å². The molecule has 2 aromatic rings. The fourth-order valence-corrected chi connectivity index (χ4v) is 2.87. The quantitative estimate of drug-likeness (QED) is 0.823. The third kappa shape index (κ3) is 4.46. The monoisotopic (exact) mass is 393 g/mol. The molecule has 8 heteroatoms. The van der Waals surface area contributed by atoms with Gasteiger partial charge in [0.2, 0.25) is 0 Å². The van der Waals surface area contributed by atoms with Crippen LogP contribution >= 0.6 is 23.2 Å². The molecule has 3 rings (SSSR count). The molecule has 6 nitrogen and oxygen atoms in total. The highest BCUT2D eigenvalue weighted by Gasteiger charge is 2.21. The maximum atomic E-state index is 12.7. The third-order valence-electron chi connectivity index (χ3n) is 3.88. The smallest absolute Gasteiger partial charge is 0.323 e. The molecule has 0 saturated carbocycles. The highest BCUT2D eigenvalue weighted by molar-refractivity contribution is 6.42. The number of hydrogen-bond donors (Lipinski definition) is 2. The third-order valence-corrected chi connectivity index (χ3v) is 4.62. The Morgan fingerprint density at radius 3 is 2.42 bits per heavy atom. The van der Waals surface area contributed by atoms with Crippen LogP contribution in [0.2, 0.25) is 10.0 Å². The van der Waals surface area contributed by atoms with Gasteiger partial charge in [-0.3, -0.25) is 4.79 Å². The Morgan fingerprint density at radius 2 is 1.69 bits per heavy atom. The predicted octanol–water partition coefficient (Wildman–Crippen LogP) is 4.11. The Morgan fingerprint density at radius 1 is 0.962 bits per heavy atom. The van der Waals surface area contributed by atoms with E-state index in [9.17, 15) is 9.59 Å². The van der Waals surface area contributed by atoms with Crippen LogP contribution in [0.3, 0.4) is 0 Å². The van der Waals surface area contributed by atoms with Crippen molar-refractivity contribution in [1.29, 1.82) is 0 Å². The van der Waals surface area contributed by atoms with E-state index in [1.54, 1.807) is 47.4 Å². The summed E-state index contributed by atoms with van der Waals surface area (Å²) < 4.78 is 5.27. The van der Waals surface area contributed by atoms with Crippen molar-refractivity contribution in [3.63, 3.8) is 0 Å². The number of amides is 3. The minimum Gasteiger partial charge on any atom is -0.378 e. The lowest BCUT2D eigenvalue weighted by Crippen LogP contribution is -2.41. The topological polar surface area (TPSA) is 70.7 Å². The highest BCUT2D eigenvalue weighted by Crippen LogP contribution is 2.25. The Balaban J connectivity index is 1.72. The van der Waals surface area contributed by atoms with Gasteiger partial charge in [-0.05, 0) is 30.3 Å². The van der Waals surface area contributed by atoms with Crippen LogP contribution in [-0.4, -0.2) is 43.1 Å². The van der Waals surface area contributed by atoms with Crippen molar-refractivity contribution in [3.8, 4) is 0 Å². The van der Waals surface area contributed by atoms with Crippen molar-refractivity contribution < 1.29 is 14.3 Å². The van der Waals surface area contributed by atoms with E-state index in [2.05, 4.69) is 10.6 Å². The average Bonchev–Trinajstić information content (AvgIpc) is 2.65. The number of halogens is 2. The van der Waals surface area contributed by atoms with Gasteiger partial charge in [-0.2, -0.15) is 0 Å². The van der Waals surface area contributed by atoms with E-state index in [-0.39, 0.29) is 5.91 Å². The number of hydrogen-bond acceptors (Lipinski definition) is 3. The van der Waals surface area contributed by atoms with E-state index in [0.717, 1.165) is 0 Å². The molecular weight excluding hydrogens is 377 g/mol. The number of carbonyl (C=O) groups is 2. The van der Waals surface area contributed by atoms with Crippen LogP contribution in [0.1, 0.15) is 10.4 Å². The molecule has 0 aliphatic carbocycles. The van der Waals surface area contributed by atoms with Crippen molar-refractivity contribution in [1.82, 2.24) is 4.90 Å². The molecule has 1 heterocycles. The summed E-state index contributed by atoms with van der Waals surface area (Å²) in [5, 5.41) is 6.12. The lowest BCUT2D eigenvalue weighted by molar-refractivity contribution is 0.0303. The van der Waals surface area contributed by atoms with Crippen molar-refractivity contribution in [2.24, 2.45) is 0 Å². The van der Waals surface area contributed by atoms with E-state index in [4.69, 9.17) is 27.9 Å². The molecule has 0 unspecified atom stereocenters. The summed E-state index contributed by atoms with van der Waals surface area (Å²) in [5.74, 6) is -0.140. The van der Waals surface area contributed by atoms with Crippen molar-refractivity contribution >= 4 is 46.5 Å². The lowest BCUT2D eigenvalue weighted by atomic mass is 10.1. The molecule has 136 valence electrons. The number of nitrogens with zero attached hydrogens (tertiary/aromatic N) is 1. The Hall–Kier alpha value is -2.28. The van der Waals surface area contributed by atoms with Gasteiger partial charge in [-0.15, -0.1) is 0 Å². The first-order valence-electron chi connectivity index (χ1n) is 8.04. The molecule has 0 aromatic heterocycles. The molecule has 2 aromatic carbocycles. The molecule has 0 radical (unpaired) electrons. The summed E-state index contributed by atoms with van der Waals surface area (Å²) in [6, 6.07) is 11.2. The second-order valence-corrected chi connectivity index (χ2v) is 6.47. The average molecular weight is 394 g/mol. The predicted molar refractivity (Wildman–Crippen MR) is 102 cm³/mol. The lowest BCUT2D eigenvalue weighted by Gasteiger charge is -2.27. The molecule has 1 aliphatic rings. The summed E-state index contributed by atoms with van der Waals surface area (Å²) in [6.45, 7) is 2.09. The van der Waals surface area contributed by atoms with Gasteiger partial charge >= 0.3 is 6.03 Å². The van der Waals surface area contributed by atoms with Gasteiger partial charge < -0.3 is 20.3 Å². The summed E-state index contributed by atoms with van der Waals surface area (Å²) >= 11 is 11.8. The molecule has 0 bridgehead atoms. The standard InChI is InChI=1S/C18H17Cl2N3O3/c19-14-6-5-12(11-15(14)20)21-18(25)22-16-4-2-1-3-13(16)17(24)23-7-9-26-10-8-23/h1-6,11H,7-10H2,(H2,21,22,25). The van der Waals surface area contributed by atoms with Gasteiger partial charge in [0.25, 0.3) is 5.91 Å². The number of rotatable bonds is 3. The Bertz CT molecular complexity index is 823. The number of para-hydroxylation sites is 1. The molecule has 1 fully saturated rings. The minimum atomic E-state index is -0.481. The summed E-state index contributed by atoms with van der Waals surface area (Å²) in [5.41, 5.74) is 1.36. The van der Waals surface area contributed by atoms with Crippen LogP contribution in [0, 0.1) is 0 Å². The van der Waals surface area contributed by atoms with Crippen LogP contribution < -0.4 is 10.6 Å². The number of ether oxygens (including phenoxy) is 1. The van der Waals surface area contributed by atoms with Crippen molar-refractivity contribution in [2.75, 3.05) is 36.9 Å². The van der Waals surface area contributed by atoms with Gasteiger partial charge in [0, 0.05) is 18.8 Å².